The first-order valence-corrected chi connectivity index (χ1v) is 17.2. The van der Waals surface area contributed by atoms with Crippen LogP contribution < -0.4 is 20.4 Å². The Hall–Kier alpha value is -2.86. The van der Waals surface area contributed by atoms with Crippen LogP contribution in [0, 0.1) is 11.6 Å². The maximum Gasteiger partial charge on any atom is 0.125 e. The summed E-state index contributed by atoms with van der Waals surface area (Å²) in [5.41, 5.74) is 2.29. The summed E-state index contributed by atoms with van der Waals surface area (Å²) >= 11 is 3.45. The highest BCUT2D eigenvalue weighted by Crippen LogP contribution is 2.57. The van der Waals surface area contributed by atoms with E-state index in [1.807, 2.05) is 12.1 Å². The average molecular weight is 633 g/mol. The highest BCUT2D eigenvalue weighted by molar-refractivity contribution is 7.10. The van der Waals surface area contributed by atoms with E-state index in [1.54, 1.807) is 46.9 Å². The lowest BCUT2D eigenvalue weighted by molar-refractivity contribution is 0.193. The summed E-state index contributed by atoms with van der Waals surface area (Å²) in [5.74, 6) is -0.463. The number of rotatable bonds is 3. The summed E-state index contributed by atoms with van der Waals surface area (Å²) in [6, 6.07) is 19.7. The van der Waals surface area contributed by atoms with Crippen molar-refractivity contribution in [2.75, 3.05) is 76.3 Å². The van der Waals surface area contributed by atoms with Crippen LogP contribution in [0.3, 0.4) is 0 Å². The largest absolute Gasteiger partial charge is 0.364 e. The molecule has 230 valence electrons. The number of anilines is 2. The van der Waals surface area contributed by atoms with Crippen molar-refractivity contribution in [1.82, 2.24) is 20.4 Å². The number of hydrogen-bond donors (Lipinski definition) is 2. The minimum atomic E-state index is -0.835. The van der Waals surface area contributed by atoms with Crippen LogP contribution >= 0.6 is 22.7 Å². The standard InChI is InChI=1S/C34H38F2N6S2/c1-39-11-13-41-25(21-39)19-37-33(31-5-3-15-43-31,27-9-7-23(35)17-29(27)41)34(32-6-4-16-44-32)28-10-8-24(36)18-30(28)42-14-12-40(2)22-26(42)20-38-34/h3-10,15-18,25-26,37-38H,11-14,19-22H2,1-2H3. The molecule has 6 nitrogen and oxygen atoms in total. The maximum atomic E-state index is 15.3. The summed E-state index contributed by atoms with van der Waals surface area (Å²) < 4.78 is 30.7. The molecule has 4 aliphatic rings. The van der Waals surface area contributed by atoms with Crippen LogP contribution in [0.5, 0.6) is 0 Å². The van der Waals surface area contributed by atoms with Crippen LogP contribution in [0.15, 0.2) is 71.4 Å². The minimum absolute atomic E-state index is 0.162. The molecule has 4 aromatic rings. The summed E-state index contributed by atoms with van der Waals surface area (Å²) in [4.78, 5) is 11.9. The number of halogens is 2. The fourth-order valence-electron chi connectivity index (χ4n) is 8.32. The summed E-state index contributed by atoms with van der Waals surface area (Å²) in [6.45, 7) is 6.66. The van der Waals surface area contributed by atoms with Crippen LogP contribution in [0.25, 0.3) is 0 Å². The molecule has 4 unspecified atom stereocenters. The second-order valence-corrected chi connectivity index (χ2v) is 14.7. The average Bonchev–Trinajstić information content (AvgIpc) is 3.72. The van der Waals surface area contributed by atoms with Crippen LogP contribution in [0.4, 0.5) is 20.2 Å². The van der Waals surface area contributed by atoms with E-state index in [1.165, 1.54) is 0 Å². The van der Waals surface area contributed by atoms with Gasteiger partial charge in [-0.05, 0) is 61.3 Å². The monoisotopic (exact) mass is 632 g/mol. The van der Waals surface area contributed by atoms with Gasteiger partial charge in [0.2, 0.25) is 0 Å². The van der Waals surface area contributed by atoms with Gasteiger partial charge in [0.15, 0.2) is 0 Å². The maximum absolute atomic E-state index is 15.3. The second-order valence-electron chi connectivity index (χ2n) is 12.8. The molecule has 10 heteroatoms. The smallest absolute Gasteiger partial charge is 0.125 e. The topological polar surface area (TPSA) is 37.0 Å². The van der Waals surface area contributed by atoms with Crippen molar-refractivity contribution in [3.63, 3.8) is 0 Å². The predicted octanol–water partition coefficient (Wildman–Crippen LogP) is 4.72. The van der Waals surface area contributed by atoms with Gasteiger partial charge < -0.3 is 19.6 Å². The van der Waals surface area contributed by atoms with Gasteiger partial charge in [0.1, 0.15) is 22.7 Å². The van der Waals surface area contributed by atoms with E-state index in [0.717, 1.165) is 71.5 Å². The number of nitrogens with zero attached hydrogens (tertiary/aromatic N) is 4. The zero-order valence-corrected chi connectivity index (χ0v) is 26.7. The molecule has 0 aliphatic carbocycles. The molecule has 6 heterocycles. The van der Waals surface area contributed by atoms with Crippen molar-refractivity contribution < 1.29 is 8.78 Å². The van der Waals surface area contributed by atoms with Gasteiger partial charge >= 0.3 is 0 Å². The van der Waals surface area contributed by atoms with E-state index < -0.39 is 11.1 Å². The molecule has 2 N–H and O–H groups in total. The molecule has 2 aromatic heterocycles. The van der Waals surface area contributed by atoms with E-state index in [9.17, 15) is 0 Å². The fraction of sp³-hybridized carbons (Fsp3) is 0.412. The molecule has 2 aromatic carbocycles. The van der Waals surface area contributed by atoms with Crippen LogP contribution in [0.1, 0.15) is 20.9 Å². The van der Waals surface area contributed by atoms with E-state index >= 15 is 8.78 Å². The molecule has 0 radical (unpaired) electrons. The molecule has 2 fully saturated rings. The lowest BCUT2D eigenvalue weighted by Crippen LogP contribution is -2.66. The van der Waals surface area contributed by atoms with Gasteiger partial charge in [-0.15, -0.1) is 22.7 Å². The molecule has 0 saturated carbocycles. The molecule has 0 amide bonds. The van der Waals surface area contributed by atoms with Crippen molar-refractivity contribution in [2.24, 2.45) is 0 Å². The molecule has 0 bridgehead atoms. The Bertz CT molecular complexity index is 1530. The van der Waals surface area contributed by atoms with E-state index in [2.05, 4.69) is 79.4 Å². The van der Waals surface area contributed by atoms with E-state index in [-0.39, 0.29) is 23.7 Å². The van der Waals surface area contributed by atoms with Gasteiger partial charge in [-0.2, -0.15) is 0 Å². The number of benzene rings is 2. The third kappa shape index (κ3) is 4.22. The zero-order valence-electron chi connectivity index (χ0n) is 25.1. The molecule has 0 spiro atoms. The summed E-state index contributed by atoms with van der Waals surface area (Å²) in [6.07, 6.45) is 0. The number of nitrogens with one attached hydrogen (secondary N) is 2. The highest BCUT2D eigenvalue weighted by Gasteiger charge is 2.61. The van der Waals surface area contributed by atoms with Crippen molar-refractivity contribution in [1.29, 1.82) is 0 Å². The van der Waals surface area contributed by atoms with Crippen LogP contribution in [-0.2, 0) is 11.1 Å². The van der Waals surface area contributed by atoms with Gasteiger partial charge in [-0.3, -0.25) is 10.6 Å². The van der Waals surface area contributed by atoms with Crippen LogP contribution in [0.2, 0.25) is 0 Å². The fourth-order valence-corrected chi connectivity index (χ4v) is 10.3. The summed E-state index contributed by atoms with van der Waals surface area (Å²) in [7, 11) is 4.33. The molecule has 2 saturated heterocycles. The number of hydrogen-bond acceptors (Lipinski definition) is 8. The normalized spacial score (nSPS) is 29.3. The molecular formula is C34H38F2N6S2. The van der Waals surface area contributed by atoms with E-state index in [4.69, 9.17) is 0 Å². The molecule has 4 aliphatic heterocycles. The Labute approximate surface area is 265 Å². The first-order chi connectivity index (χ1) is 21.4. The number of likely N-dealkylation sites (N-methyl/N-ethyl adjacent to an activating group) is 2. The minimum Gasteiger partial charge on any atom is -0.364 e. The van der Waals surface area contributed by atoms with Crippen molar-refractivity contribution in [2.45, 2.75) is 23.2 Å². The van der Waals surface area contributed by atoms with Gasteiger partial charge in [-0.1, -0.05) is 24.3 Å². The quantitative estimate of drug-likeness (QED) is 0.341. The Morgan fingerprint density at radius 2 is 1.11 bits per heavy atom. The molecule has 4 atom stereocenters. The first-order valence-electron chi connectivity index (χ1n) is 15.5. The third-order valence-corrected chi connectivity index (χ3v) is 12.2. The van der Waals surface area contributed by atoms with E-state index in [0.29, 0.717) is 13.1 Å². The Kier molecular flexibility index (Phi) is 7.08. The van der Waals surface area contributed by atoms with Gasteiger partial charge in [0, 0.05) is 84.6 Å². The lowest BCUT2D eigenvalue weighted by Gasteiger charge is -2.51. The highest BCUT2D eigenvalue weighted by atomic mass is 32.1. The van der Waals surface area contributed by atoms with Crippen LogP contribution in [-0.4, -0.2) is 88.3 Å². The number of fused-ring (bicyclic) bond motifs is 6. The molecular weight excluding hydrogens is 595 g/mol. The predicted molar refractivity (Wildman–Crippen MR) is 176 cm³/mol. The third-order valence-electron chi connectivity index (χ3n) is 10.3. The zero-order chi connectivity index (χ0) is 30.1. The lowest BCUT2D eigenvalue weighted by atomic mass is 9.65. The number of piperazine rings is 2. The first kappa shape index (κ1) is 28.6. The Morgan fingerprint density at radius 1 is 0.659 bits per heavy atom. The van der Waals surface area contributed by atoms with Crippen molar-refractivity contribution in [3.8, 4) is 0 Å². The van der Waals surface area contributed by atoms with Crippen molar-refractivity contribution in [3.05, 3.63) is 104 Å². The van der Waals surface area contributed by atoms with Gasteiger partial charge in [-0.25, -0.2) is 8.78 Å². The van der Waals surface area contributed by atoms with Gasteiger partial charge in [0.05, 0.1) is 12.1 Å². The number of thiophene rings is 2. The second kappa shape index (κ2) is 10.9. The van der Waals surface area contributed by atoms with Gasteiger partial charge in [0.25, 0.3) is 0 Å². The Balaban J connectivity index is 1.48. The molecule has 44 heavy (non-hydrogen) atoms. The Morgan fingerprint density at radius 3 is 1.52 bits per heavy atom. The SMILES string of the molecule is CN1CCN2c3cc(F)ccc3C(c3cccs3)(C3(c4cccs4)NCC4CN(C)CCN4c4cc(F)ccc43)NCC2C1. The molecule has 8 rings (SSSR count). The summed E-state index contributed by atoms with van der Waals surface area (Å²) in [5, 5.41) is 12.7. The van der Waals surface area contributed by atoms with Crippen molar-refractivity contribution >= 4 is 34.0 Å².